The lowest BCUT2D eigenvalue weighted by atomic mass is 10.2. The third-order valence-corrected chi connectivity index (χ3v) is 2.64. The Hall–Kier alpha value is -1.73. The second-order valence-corrected chi connectivity index (χ2v) is 4.65. The number of aliphatic carboxylic acids is 1. The van der Waals surface area contributed by atoms with Gasteiger partial charge in [-0.05, 0) is 24.3 Å². The molecule has 0 saturated carbocycles. The number of carboxylic acids is 1. The Morgan fingerprint density at radius 3 is 2.90 bits per heavy atom. The molecule has 1 aromatic carbocycles. The molecule has 0 spiro atoms. The Morgan fingerprint density at radius 1 is 1.45 bits per heavy atom. The van der Waals surface area contributed by atoms with Crippen molar-refractivity contribution in [2.45, 2.75) is 0 Å². The van der Waals surface area contributed by atoms with Crippen LogP contribution in [0.2, 0.25) is 0 Å². The number of rotatable bonds is 7. The van der Waals surface area contributed by atoms with Crippen LogP contribution in [0.15, 0.2) is 28.7 Å². The van der Waals surface area contributed by atoms with E-state index in [0.717, 1.165) is 0 Å². The van der Waals surface area contributed by atoms with Gasteiger partial charge in [-0.25, -0.2) is 9.18 Å². The van der Waals surface area contributed by atoms with E-state index < -0.39 is 24.3 Å². The zero-order valence-electron chi connectivity index (χ0n) is 10.4. The van der Waals surface area contributed by atoms with Crippen LogP contribution in [0.1, 0.15) is 5.56 Å². The average Bonchev–Trinajstić information content (AvgIpc) is 2.39. The van der Waals surface area contributed by atoms with Crippen LogP contribution in [0.5, 0.6) is 0 Å². The number of halogens is 2. The number of ether oxygens (including phenoxy) is 1. The Morgan fingerprint density at radius 2 is 2.20 bits per heavy atom. The van der Waals surface area contributed by atoms with E-state index in [2.05, 4.69) is 21.2 Å². The highest BCUT2D eigenvalue weighted by Gasteiger charge is 2.01. The van der Waals surface area contributed by atoms with Gasteiger partial charge in [-0.15, -0.1) is 0 Å². The Bertz CT molecular complexity index is 519. The van der Waals surface area contributed by atoms with Gasteiger partial charge in [0, 0.05) is 22.7 Å². The molecule has 1 rings (SSSR count). The number of hydrogen-bond donors (Lipinski definition) is 2. The van der Waals surface area contributed by atoms with Crippen molar-refractivity contribution in [3.05, 3.63) is 40.1 Å². The van der Waals surface area contributed by atoms with Crippen LogP contribution in [-0.2, 0) is 14.3 Å². The molecular weight excluding hydrogens is 333 g/mol. The molecule has 0 aliphatic heterocycles. The molecule has 108 valence electrons. The maximum atomic E-state index is 13.4. The predicted molar refractivity (Wildman–Crippen MR) is 74.6 cm³/mol. The van der Waals surface area contributed by atoms with Crippen molar-refractivity contribution in [2.75, 3.05) is 19.8 Å². The summed E-state index contributed by atoms with van der Waals surface area (Å²) in [6.45, 7) is -0.135. The number of carboxylic acid groups (broad SMARTS) is 1. The molecule has 0 radical (unpaired) electrons. The van der Waals surface area contributed by atoms with Gasteiger partial charge in [-0.2, -0.15) is 0 Å². The molecule has 20 heavy (non-hydrogen) atoms. The molecule has 1 amide bonds. The van der Waals surface area contributed by atoms with Gasteiger partial charge in [0.2, 0.25) is 5.91 Å². The van der Waals surface area contributed by atoms with Crippen LogP contribution in [0.4, 0.5) is 4.39 Å². The van der Waals surface area contributed by atoms with Crippen LogP contribution in [0, 0.1) is 5.82 Å². The quantitative estimate of drug-likeness (QED) is 0.583. The molecule has 0 fully saturated rings. The highest BCUT2D eigenvalue weighted by molar-refractivity contribution is 9.10. The largest absolute Gasteiger partial charge is 0.480 e. The van der Waals surface area contributed by atoms with Gasteiger partial charge in [-0.1, -0.05) is 15.9 Å². The molecule has 0 bridgehead atoms. The van der Waals surface area contributed by atoms with E-state index in [1.165, 1.54) is 18.2 Å². The van der Waals surface area contributed by atoms with Crippen LogP contribution in [-0.4, -0.2) is 36.7 Å². The number of carbonyl (C=O) groups is 2. The summed E-state index contributed by atoms with van der Waals surface area (Å²) in [4.78, 5) is 21.6. The first kappa shape index (κ1) is 16.3. The van der Waals surface area contributed by atoms with Gasteiger partial charge in [0.1, 0.15) is 12.4 Å². The van der Waals surface area contributed by atoms with Crippen LogP contribution in [0.25, 0.3) is 6.08 Å². The van der Waals surface area contributed by atoms with Gasteiger partial charge >= 0.3 is 5.97 Å². The normalized spacial score (nSPS) is 10.7. The standard InChI is InChI=1S/C13H13BrFNO4/c14-10-2-3-11(15)9(7-10)1-4-12(17)16-5-6-20-8-13(18)19/h1-4,7H,5-6,8H2,(H,16,17)(H,18,19). The fourth-order valence-electron chi connectivity index (χ4n) is 1.27. The van der Waals surface area contributed by atoms with Gasteiger partial charge in [-0.3, -0.25) is 4.79 Å². The number of benzene rings is 1. The molecule has 0 aromatic heterocycles. The van der Waals surface area contributed by atoms with E-state index in [9.17, 15) is 14.0 Å². The lowest BCUT2D eigenvalue weighted by Crippen LogP contribution is -2.26. The van der Waals surface area contributed by atoms with Crippen molar-refractivity contribution in [1.82, 2.24) is 5.32 Å². The first-order chi connectivity index (χ1) is 9.49. The maximum Gasteiger partial charge on any atom is 0.329 e. The molecule has 0 aliphatic rings. The summed E-state index contributed by atoms with van der Waals surface area (Å²) >= 11 is 3.21. The van der Waals surface area contributed by atoms with E-state index in [1.807, 2.05) is 0 Å². The van der Waals surface area contributed by atoms with Crippen molar-refractivity contribution < 1.29 is 23.8 Å². The molecule has 2 N–H and O–H groups in total. The number of amides is 1. The fraction of sp³-hybridized carbons (Fsp3) is 0.231. The second-order valence-electron chi connectivity index (χ2n) is 3.74. The number of carbonyl (C=O) groups excluding carboxylic acids is 1. The van der Waals surface area contributed by atoms with Crippen LogP contribution in [0.3, 0.4) is 0 Å². The van der Waals surface area contributed by atoms with Gasteiger partial charge in [0.05, 0.1) is 6.61 Å². The minimum Gasteiger partial charge on any atom is -0.480 e. The summed E-state index contributed by atoms with van der Waals surface area (Å²) in [6, 6.07) is 4.41. The zero-order valence-corrected chi connectivity index (χ0v) is 12.0. The molecule has 7 heteroatoms. The summed E-state index contributed by atoms with van der Waals surface area (Å²) in [6.07, 6.45) is 2.55. The molecule has 0 unspecified atom stereocenters. The predicted octanol–water partition coefficient (Wildman–Crippen LogP) is 1.82. The molecule has 0 saturated heterocycles. The van der Waals surface area contributed by atoms with Crippen molar-refractivity contribution in [2.24, 2.45) is 0 Å². The van der Waals surface area contributed by atoms with Crippen molar-refractivity contribution in [1.29, 1.82) is 0 Å². The Labute approximate surface area is 123 Å². The molecule has 0 heterocycles. The zero-order chi connectivity index (χ0) is 15.0. The molecule has 1 aromatic rings. The van der Waals surface area contributed by atoms with Crippen molar-refractivity contribution in [3.63, 3.8) is 0 Å². The summed E-state index contributed by atoms with van der Waals surface area (Å²) in [5.74, 6) is -1.91. The topological polar surface area (TPSA) is 75.6 Å². The Kier molecular flexibility index (Phi) is 6.89. The van der Waals surface area contributed by atoms with Crippen LogP contribution >= 0.6 is 15.9 Å². The average molecular weight is 346 g/mol. The summed E-state index contributed by atoms with van der Waals surface area (Å²) < 4.78 is 18.8. The van der Waals surface area contributed by atoms with Gasteiger partial charge < -0.3 is 15.2 Å². The van der Waals surface area contributed by atoms with Crippen LogP contribution < -0.4 is 5.32 Å². The smallest absolute Gasteiger partial charge is 0.329 e. The van der Waals surface area contributed by atoms with E-state index in [0.29, 0.717) is 4.47 Å². The third kappa shape index (κ3) is 6.44. The monoisotopic (exact) mass is 345 g/mol. The van der Waals surface area contributed by atoms with E-state index >= 15 is 0 Å². The SMILES string of the molecule is O=C(O)COCCNC(=O)C=Cc1cc(Br)ccc1F. The van der Waals surface area contributed by atoms with Gasteiger partial charge in [0.15, 0.2) is 0 Å². The number of nitrogens with one attached hydrogen (secondary N) is 1. The summed E-state index contributed by atoms with van der Waals surface area (Å²) in [7, 11) is 0. The van der Waals surface area contributed by atoms with Crippen molar-refractivity contribution >= 4 is 33.9 Å². The lowest BCUT2D eigenvalue weighted by molar-refractivity contribution is -0.142. The summed E-state index contributed by atoms with van der Waals surface area (Å²) in [5.41, 5.74) is 0.289. The maximum absolute atomic E-state index is 13.4. The molecule has 5 nitrogen and oxygen atoms in total. The molecule has 0 atom stereocenters. The molecule has 0 aliphatic carbocycles. The van der Waals surface area contributed by atoms with E-state index in [4.69, 9.17) is 9.84 Å². The highest BCUT2D eigenvalue weighted by Crippen LogP contribution is 2.16. The summed E-state index contributed by atoms with van der Waals surface area (Å²) in [5, 5.41) is 10.8. The second kappa shape index (κ2) is 8.44. The third-order valence-electron chi connectivity index (χ3n) is 2.14. The molecular formula is C13H13BrFNO4. The minimum atomic E-state index is -1.07. The highest BCUT2D eigenvalue weighted by atomic mass is 79.9. The van der Waals surface area contributed by atoms with E-state index in [1.54, 1.807) is 12.1 Å². The first-order valence-corrected chi connectivity index (χ1v) is 6.49. The van der Waals surface area contributed by atoms with Crippen molar-refractivity contribution in [3.8, 4) is 0 Å². The van der Waals surface area contributed by atoms with Gasteiger partial charge in [0.25, 0.3) is 0 Å². The number of hydrogen-bond acceptors (Lipinski definition) is 3. The fourth-order valence-corrected chi connectivity index (χ4v) is 1.65. The minimum absolute atomic E-state index is 0.0944. The lowest BCUT2D eigenvalue weighted by Gasteiger charge is -2.02. The Balaban J connectivity index is 2.36. The van der Waals surface area contributed by atoms with E-state index in [-0.39, 0.29) is 18.7 Å². The first-order valence-electron chi connectivity index (χ1n) is 5.69.